The number of hydrogen-bond donors (Lipinski definition) is 3. The monoisotopic (exact) mass is 504 g/mol. The topological polar surface area (TPSA) is 130 Å². The zero-order valence-corrected chi connectivity index (χ0v) is 22.1. The van der Waals surface area contributed by atoms with Gasteiger partial charge in [-0.3, -0.25) is 19.1 Å². The van der Waals surface area contributed by atoms with Crippen molar-refractivity contribution < 1.29 is 27.9 Å². The van der Waals surface area contributed by atoms with Crippen LogP contribution in [-0.2, 0) is 24.4 Å². The average Bonchev–Trinajstić information content (AvgIpc) is 2.77. The average molecular weight is 505 g/mol. The van der Waals surface area contributed by atoms with Crippen molar-refractivity contribution in [3.8, 4) is 0 Å². The van der Waals surface area contributed by atoms with Gasteiger partial charge in [0, 0.05) is 26.3 Å². The lowest BCUT2D eigenvalue weighted by Crippen LogP contribution is -2.32. The van der Waals surface area contributed by atoms with Crippen LogP contribution in [0.15, 0.2) is 0 Å². The zero-order valence-electron chi connectivity index (χ0n) is 21.2. The van der Waals surface area contributed by atoms with Crippen LogP contribution in [0.5, 0.6) is 0 Å². The van der Waals surface area contributed by atoms with Crippen LogP contribution in [0, 0.1) is 0 Å². The standard InChI is InChI=1S/C25H48N2O6S/c1-26-23(28)19-16-14-18-22-34(32,33)27-24(29)20-15-12-10-8-6-4-2-3-5-7-9-11-13-17-21-25(30)31/h2-22H2,1H3,(H,26,28)(H,27,29)(H,30,31). The molecule has 0 radical (unpaired) electrons. The maximum absolute atomic E-state index is 11.9. The quantitative estimate of drug-likeness (QED) is 0.157. The van der Waals surface area contributed by atoms with Gasteiger partial charge in [0.25, 0.3) is 0 Å². The summed E-state index contributed by atoms with van der Waals surface area (Å²) in [6.07, 6.45) is 18.1. The van der Waals surface area contributed by atoms with Gasteiger partial charge < -0.3 is 10.4 Å². The molecule has 0 saturated heterocycles. The summed E-state index contributed by atoms with van der Waals surface area (Å²) < 4.78 is 26.0. The molecule has 9 heteroatoms. The van der Waals surface area contributed by atoms with Gasteiger partial charge in [0.05, 0.1) is 5.75 Å². The van der Waals surface area contributed by atoms with Crippen molar-refractivity contribution in [2.24, 2.45) is 0 Å². The van der Waals surface area contributed by atoms with Crippen molar-refractivity contribution in [2.75, 3.05) is 12.8 Å². The Bertz CT molecular complexity index is 652. The maximum atomic E-state index is 11.9. The number of carbonyl (C=O) groups is 3. The normalized spacial score (nSPS) is 11.3. The second-order valence-corrected chi connectivity index (χ2v) is 11.0. The Balaban J connectivity index is 3.45. The second-order valence-electron chi connectivity index (χ2n) is 9.17. The van der Waals surface area contributed by atoms with Gasteiger partial charge in [-0.05, 0) is 25.7 Å². The molecule has 0 aliphatic rings. The van der Waals surface area contributed by atoms with Crippen LogP contribution in [0.4, 0.5) is 0 Å². The summed E-state index contributed by atoms with van der Waals surface area (Å²) in [6.45, 7) is 0. The lowest BCUT2D eigenvalue weighted by atomic mass is 10.0. The number of carboxylic acids is 1. The van der Waals surface area contributed by atoms with Crippen LogP contribution in [0.25, 0.3) is 0 Å². The number of nitrogens with one attached hydrogen (secondary N) is 2. The van der Waals surface area contributed by atoms with Crippen molar-refractivity contribution in [3.05, 3.63) is 0 Å². The maximum Gasteiger partial charge on any atom is 0.303 e. The molecule has 0 spiro atoms. The van der Waals surface area contributed by atoms with Gasteiger partial charge in [0.15, 0.2) is 0 Å². The van der Waals surface area contributed by atoms with E-state index in [9.17, 15) is 22.8 Å². The summed E-state index contributed by atoms with van der Waals surface area (Å²) in [5, 5.41) is 11.1. The number of aliphatic carboxylic acids is 1. The van der Waals surface area contributed by atoms with E-state index in [1.165, 1.54) is 44.9 Å². The molecule has 3 N–H and O–H groups in total. The number of carboxylic acid groups (broad SMARTS) is 1. The van der Waals surface area contributed by atoms with Crippen LogP contribution in [-0.4, -0.2) is 44.1 Å². The minimum absolute atomic E-state index is 0.0501. The number of carbonyl (C=O) groups excluding carboxylic acids is 2. The van der Waals surface area contributed by atoms with Crippen LogP contribution >= 0.6 is 0 Å². The first-order chi connectivity index (χ1) is 16.3. The molecule has 0 fully saturated rings. The first kappa shape index (κ1) is 32.4. The molecular weight excluding hydrogens is 456 g/mol. The molecule has 0 saturated carbocycles. The molecule has 0 aromatic rings. The fourth-order valence-electron chi connectivity index (χ4n) is 3.84. The highest BCUT2D eigenvalue weighted by Gasteiger charge is 2.14. The lowest BCUT2D eigenvalue weighted by Gasteiger charge is -2.07. The highest BCUT2D eigenvalue weighted by atomic mass is 32.2. The molecular formula is C25H48N2O6S. The lowest BCUT2D eigenvalue weighted by molar-refractivity contribution is -0.137. The summed E-state index contributed by atoms with van der Waals surface area (Å²) in [6, 6.07) is 0. The van der Waals surface area contributed by atoms with Gasteiger partial charge in [-0.15, -0.1) is 0 Å². The predicted molar refractivity (Wildman–Crippen MR) is 136 cm³/mol. The SMILES string of the molecule is CNC(=O)CCCCCS(=O)(=O)NC(=O)CCCCCCCCCCCCCCCCC(=O)O. The van der Waals surface area contributed by atoms with Crippen LogP contribution in [0.3, 0.4) is 0 Å². The third-order valence-electron chi connectivity index (χ3n) is 5.91. The summed E-state index contributed by atoms with van der Waals surface area (Å²) >= 11 is 0. The molecule has 8 nitrogen and oxygen atoms in total. The number of rotatable bonds is 24. The second kappa shape index (κ2) is 21.9. The molecule has 0 bridgehead atoms. The van der Waals surface area contributed by atoms with E-state index in [2.05, 4.69) is 10.0 Å². The van der Waals surface area contributed by atoms with E-state index >= 15 is 0 Å². The number of hydrogen-bond acceptors (Lipinski definition) is 5. The number of amides is 2. The van der Waals surface area contributed by atoms with E-state index in [4.69, 9.17) is 5.11 Å². The molecule has 0 unspecified atom stereocenters. The van der Waals surface area contributed by atoms with E-state index in [-0.39, 0.29) is 18.1 Å². The molecule has 0 atom stereocenters. The minimum atomic E-state index is -3.58. The van der Waals surface area contributed by atoms with E-state index in [0.717, 1.165) is 38.5 Å². The van der Waals surface area contributed by atoms with Crippen molar-refractivity contribution in [1.29, 1.82) is 0 Å². The largest absolute Gasteiger partial charge is 0.481 e. The third-order valence-corrected chi connectivity index (χ3v) is 7.27. The fraction of sp³-hybridized carbons (Fsp3) is 0.880. The predicted octanol–water partition coefficient (Wildman–Crippen LogP) is 5.07. The molecule has 0 aromatic carbocycles. The van der Waals surface area contributed by atoms with Crippen molar-refractivity contribution in [2.45, 2.75) is 128 Å². The third kappa shape index (κ3) is 23.5. The van der Waals surface area contributed by atoms with Crippen molar-refractivity contribution >= 4 is 27.8 Å². The van der Waals surface area contributed by atoms with Gasteiger partial charge in [-0.25, -0.2) is 8.42 Å². The molecule has 34 heavy (non-hydrogen) atoms. The smallest absolute Gasteiger partial charge is 0.303 e. The Morgan fingerprint density at radius 1 is 0.559 bits per heavy atom. The highest BCUT2D eigenvalue weighted by Crippen LogP contribution is 2.14. The molecule has 0 heterocycles. The van der Waals surface area contributed by atoms with Gasteiger partial charge in [0.2, 0.25) is 21.8 Å². The molecule has 200 valence electrons. The Hall–Kier alpha value is -1.64. The van der Waals surface area contributed by atoms with Crippen LogP contribution in [0.1, 0.15) is 128 Å². The van der Waals surface area contributed by atoms with Crippen LogP contribution < -0.4 is 10.0 Å². The Morgan fingerprint density at radius 2 is 0.912 bits per heavy atom. The number of sulfonamides is 1. The molecule has 0 aromatic heterocycles. The molecule has 0 rings (SSSR count). The summed E-state index contributed by atoms with van der Waals surface area (Å²) in [5.41, 5.74) is 0. The summed E-state index contributed by atoms with van der Waals surface area (Å²) in [4.78, 5) is 33.4. The van der Waals surface area contributed by atoms with Gasteiger partial charge >= 0.3 is 5.97 Å². The Labute approximate surface area is 207 Å². The summed E-state index contributed by atoms with van der Waals surface area (Å²) in [7, 11) is -2.01. The van der Waals surface area contributed by atoms with E-state index in [1.54, 1.807) is 7.05 Å². The van der Waals surface area contributed by atoms with Gasteiger partial charge in [-0.2, -0.15) is 0 Å². The molecule has 0 aliphatic carbocycles. The molecule has 2 amide bonds. The Kier molecular flexibility index (Phi) is 20.8. The van der Waals surface area contributed by atoms with E-state index in [0.29, 0.717) is 38.5 Å². The minimum Gasteiger partial charge on any atom is -0.481 e. The Morgan fingerprint density at radius 3 is 1.32 bits per heavy atom. The van der Waals surface area contributed by atoms with Crippen LogP contribution in [0.2, 0.25) is 0 Å². The number of unbranched alkanes of at least 4 members (excludes halogenated alkanes) is 15. The highest BCUT2D eigenvalue weighted by molar-refractivity contribution is 7.90. The molecule has 0 aliphatic heterocycles. The van der Waals surface area contributed by atoms with E-state index < -0.39 is 21.9 Å². The first-order valence-corrected chi connectivity index (χ1v) is 14.9. The van der Waals surface area contributed by atoms with Gasteiger partial charge in [0.1, 0.15) is 0 Å². The first-order valence-electron chi connectivity index (χ1n) is 13.2. The van der Waals surface area contributed by atoms with Crippen molar-refractivity contribution in [3.63, 3.8) is 0 Å². The van der Waals surface area contributed by atoms with E-state index in [1.807, 2.05) is 0 Å². The van der Waals surface area contributed by atoms with Crippen molar-refractivity contribution in [1.82, 2.24) is 10.0 Å². The fourth-order valence-corrected chi connectivity index (χ4v) is 4.97. The summed E-state index contributed by atoms with van der Waals surface area (Å²) in [5.74, 6) is -1.26. The van der Waals surface area contributed by atoms with Gasteiger partial charge in [-0.1, -0.05) is 83.5 Å². The zero-order chi connectivity index (χ0) is 25.5.